The lowest BCUT2D eigenvalue weighted by atomic mass is 10.3. The summed E-state index contributed by atoms with van der Waals surface area (Å²) in [6.45, 7) is 0.735. The van der Waals surface area contributed by atoms with Crippen molar-refractivity contribution in [1.82, 2.24) is 9.97 Å². The van der Waals surface area contributed by atoms with E-state index < -0.39 is 6.10 Å². The minimum atomic E-state index is -0.542. The average molecular weight is 212 g/mol. The number of aliphatic hydroxyl groups excluding tert-OH is 1. The molecule has 1 aromatic rings. The summed E-state index contributed by atoms with van der Waals surface area (Å²) in [5, 5.41) is 9.50. The summed E-state index contributed by atoms with van der Waals surface area (Å²) >= 11 is 0. The van der Waals surface area contributed by atoms with Crippen molar-refractivity contribution in [2.75, 3.05) is 37.9 Å². The number of methoxy groups -OCH3 is 1. The fourth-order valence-corrected chi connectivity index (χ4v) is 1.18. The van der Waals surface area contributed by atoms with Gasteiger partial charge in [0.2, 0.25) is 0 Å². The number of aromatic nitrogens is 2. The van der Waals surface area contributed by atoms with Gasteiger partial charge in [-0.25, -0.2) is 9.97 Å². The van der Waals surface area contributed by atoms with Gasteiger partial charge in [0.05, 0.1) is 25.1 Å². The predicted octanol–water partition coefficient (Wildman–Crippen LogP) is -0.498. The molecule has 3 N–H and O–H groups in total. The van der Waals surface area contributed by atoms with E-state index in [1.54, 1.807) is 18.2 Å². The molecule has 0 aliphatic carbocycles. The third kappa shape index (κ3) is 3.69. The molecule has 0 saturated carbocycles. The quantitative estimate of drug-likeness (QED) is 0.684. The predicted molar refractivity (Wildman–Crippen MR) is 57.6 cm³/mol. The van der Waals surface area contributed by atoms with E-state index in [-0.39, 0.29) is 0 Å². The highest BCUT2D eigenvalue weighted by Crippen LogP contribution is 2.07. The molecule has 0 spiro atoms. The van der Waals surface area contributed by atoms with Crippen LogP contribution in [0.1, 0.15) is 0 Å². The molecule has 0 aliphatic rings. The van der Waals surface area contributed by atoms with Crippen molar-refractivity contribution in [3.8, 4) is 0 Å². The first-order valence-corrected chi connectivity index (χ1v) is 4.59. The van der Waals surface area contributed by atoms with Crippen LogP contribution in [0.5, 0.6) is 0 Å². The molecule has 1 rings (SSSR count). The topological polar surface area (TPSA) is 84.5 Å². The Hall–Kier alpha value is -1.40. The van der Waals surface area contributed by atoms with Gasteiger partial charge in [0.25, 0.3) is 0 Å². The van der Waals surface area contributed by atoms with Crippen molar-refractivity contribution >= 4 is 11.6 Å². The van der Waals surface area contributed by atoms with Crippen molar-refractivity contribution in [1.29, 1.82) is 0 Å². The van der Waals surface area contributed by atoms with E-state index in [0.717, 1.165) is 0 Å². The number of nitrogens with two attached hydrogens (primary N) is 1. The third-order valence-electron chi connectivity index (χ3n) is 1.89. The maximum atomic E-state index is 9.50. The number of aliphatic hydroxyl groups is 1. The fourth-order valence-electron chi connectivity index (χ4n) is 1.18. The van der Waals surface area contributed by atoms with Gasteiger partial charge in [0, 0.05) is 20.7 Å². The molecule has 0 bridgehead atoms. The van der Waals surface area contributed by atoms with Gasteiger partial charge in [0.15, 0.2) is 0 Å². The minimum Gasteiger partial charge on any atom is -0.389 e. The van der Waals surface area contributed by atoms with Gasteiger partial charge in [0.1, 0.15) is 11.6 Å². The molecule has 1 atom stereocenters. The molecule has 15 heavy (non-hydrogen) atoms. The van der Waals surface area contributed by atoms with Crippen LogP contribution in [0.2, 0.25) is 0 Å². The Bertz CT molecular complexity index is 291. The first-order chi connectivity index (χ1) is 7.13. The van der Waals surface area contributed by atoms with Crippen LogP contribution in [0.15, 0.2) is 12.4 Å². The van der Waals surface area contributed by atoms with Crippen LogP contribution >= 0.6 is 0 Å². The van der Waals surface area contributed by atoms with E-state index in [1.807, 2.05) is 7.05 Å². The van der Waals surface area contributed by atoms with E-state index in [1.165, 1.54) is 6.20 Å². The number of nitrogens with zero attached hydrogens (tertiary/aromatic N) is 3. The standard InChI is InChI=1S/C9H16N4O2/c1-13(5-7(14)6-15-2)9-4-11-8(10)3-12-9/h3-4,7,14H,5-6H2,1-2H3,(H2,10,11). The smallest absolute Gasteiger partial charge is 0.147 e. The molecule has 6 heteroatoms. The lowest BCUT2D eigenvalue weighted by molar-refractivity contribution is 0.0694. The normalized spacial score (nSPS) is 12.5. The number of hydrogen-bond donors (Lipinski definition) is 2. The Balaban J connectivity index is 2.53. The van der Waals surface area contributed by atoms with Crippen molar-refractivity contribution in [3.05, 3.63) is 12.4 Å². The second-order valence-electron chi connectivity index (χ2n) is 3.29. The van der Waals surface area contributed by atoms with Gasteiger partial charge in [-0.2, -0.15) is 0 Å². The van der Waals surface area contributed by atoms with Crippen LogP contribution in [-0.2, 0) is 4.74 Å². The Morgan fingerprint density at radius 2 is 2.27 bits per heavy atom. The zero-order valence-corrected chi connectivity index (χ0v) is 8.92. The minimum absolute atomic E-state index is 0.298. The lowest BCUT2D eigenvalue weighted by Crippen LogP contribution is -2.32. The summed E-state index contributed by atoms with van der Waals surface area (Å²) in [7, 11) is 3.37. The summed E-state index contributed by atoms with van der Waals surface area (Å²) in [5.74, 6) is 1.05. The number of nitrogen functional groups attached to an aromatic ring is 1. The monoisotopic (exact) mass is 212 g/mol. The average Bonchev–Trinajstić information content (AvgIpc) is 2.18. The first kappa shape index (κ1) is 11.7. The van der Waals surface area contributed by atoms with Crippen molar-refractivity contribution in [2.45, 2.75) is 6.10 Å². The maximum absolute atomic E-state index is 9.50. The van der Waals surface area contributed by atoms with E-state index >= 15 is 0 Å². The molecule has 0 fully saturated rings. The van der Waals surface area contributed by atoms with E-state index in [0.29, 0.717) is 24.8 Å². The molecule has 0 amide bonds. The molecule has 1 aromatic heterocycles. The first-order valence-electron chi connectivity index (χ1n) is 4.59. The van der Waals surface area contributed by atoms with Gasteiger partial charge in [-0.3, -0.25) is 0 Å². The number of hydrogen-bond acceptors (Lipinski definition) is 6. The SMILES string of the molecule is COCC(O)CN(C)c1cnc(N)cn1. The molecule has 1 unspecified atom stereocenters. The van der Waals surface area contributed by atoms with Gasteiger partial charge in [-0.15, -0.1) is 0 Å². The van der Waals surface area contributed by atoms with E-state index in [4.69, 9.17) is 10.5 Å². The van der Waals surface area contributed by atoms with Crippen molar-refractivity contribution in [3.63, 3.8) is 0 Å². The summed E-state index contributed by atoms with van der Waals surface area (Å²) < 4.78 is 4.83. The molecule has 0 aliphatic heterocycles. The Labute approximate surface area is 88.7 Å². The van der Waals surface area contributed by atoms with Crippen LogP contribution < -0.4 is 10.6 Å². The zero-order chi connectivity index (χ0) is 11.3. The van der Waals surface area contributed by atoms with Crippen molar-refractivity contribution in [2.24, 2.45) is 0 Å². The van der Waals surface area contributed by atoms with Gasteiger partial charge in [-0.05, 0) is 0 Å². The fraction of sp³-hybridized carbons (Fsp3) is 0.556. The van der Waals surface area contributed by atoms with Gasteiger partial charge >= 0.3 is 0 Å². The molecule has 0 saturated heterocycles. The van der Waals surface area contributed by atoms with E-state index in [9.17, 15) is 5.11 Å². The van der Waals surface area contributed by atoms with Crippen LogP contribution in [-0.4, -0.2) is 48.5 Å². The molecule has 0 aromatic carbocycles. The number of ether oxygens (including phenoxy) is 1. The largest absolute Gasteiger partial charge is 0.389 e. The van der Waals surface area contributed by atoms with Crippen LogP contribution in [0.4, 0.5) is 11.6 Å². The second kappa shape index (κ2) is 5.47. The second-order valence-corrected chi connectivity index (χ2v) is 3.29. The van der Waals surface area contributed by atoms with Crippen LogP contribution in [0.25, 0.3) is 0 Å². The maximum Gasteiger partial charge on any atom is 0.147 e. The van der Waals surface area contributed by atoms with Crippen molar-refractivity contribution < 1.29 is 9.84 Å². The lowest BCUT2D eigenvalue weighted by Gasteiger charge is -2.20. The Morgan fingerprint density at radius 1 is 1.53 bits per heavy atom. The number of anilines is 2. The van der Waals surface area contributed by atoms with E-state index in [2.05, 4.69) is 9.97 Å². The highest BCUT2D eigenvalue weighted by molar-refractivity contribution is 5.38. The molecular formula is C9H16N4O2. The number of rotatable bonds is 5. The third-order valence-corrected chi connectivity index (χ3v) is 1.89. The Morgan fingerprint density at radius 3 is 2.80 bits per heavy atom. The zero-order valence-electron chi connectivity index (χ0n) is 8.92. The molecule has 1 heterocycles. The summed E-state index contributed by atoms with van der Waals surface area (Å²) in [4.78, 5) is 9.78. The molecule has 84 valence electrons. The van der Waals surface area contributed by atoms with Gasteiger partial charge < -0.3 is 20.5 Å². The summed E-state index contributed by atoms with van der Waals surface area (Å²) in [5.41, 5.74) is 5.41. The Kier molecular flexibility index (Phi) is 4.26. The molecular weight excluding hydrogens is 196 g/mol. The van der Waals surface area contributed by atoms with Crippen LogP contribution in [0, 0.1) is 0 Å². The highest BCUT2D eigenvalue weighted by atomic mass is 16.5. The molecule has 0 radical (unpaired) electrons. The highest BCUT2D eigenvalue weighted by Gasteiger charge is 2.09. The summed E-state index contributed by atoms with van der Waals surface area (Å²) in [6, 6.07) is 0. The molecule has 6 nitrogen and oxygen atoms in total. The number of likely N-dealkylation sites (N-methyl/N-ethyl adjacent to an activating group) is 1. The van der Waals surface area contributed by atoms with Gasteiger partial charge in [-0.1, -0.05) is 0 Å². The van der Waals surface area contributed by atoms with Crippen LogP contribution in [0.3, 0.4) is 0 Å². The summed E-state index contributed by atoms with van der Waals surface area (Å²) in [6.07, 6.45) is 2.50.